The van der Waals surface area contributed by atoms with Gasteiger partial charge in [0.05, 0.1) is 6.10 Å². The molecule has 2 aromatic carbocycles. The third-order valence-electron chi connectivity index (χ3n) is 7.16. The molecule has 0 spiro atoms. The molecule has 0 aliphatic carbocycles. The van der Waals surface area contributed by atoms with Crippen molar-refractivity contribution in [3.63, 3.8) is 0 Å². The van der Waals surface area contributed by atoms with E-state index >= 15 is 0 Å². The molecule has 1 aliphatic heterocycles. The molecule has 1 heterocycles. The van der Waals surface area contributed by atoms with Gasteiger partial charge in [0.15, 0.2) is 11.5 Å². The summed E-state index contributed by atoms with van der Waals surface area (Å²) < 4.78 is 18.8. The molecule has 1 aliphatic rings. The van der Waals surface area contributed by atoms with Crippen LogP contribution >= 0.6 is 0 Å². The molecule has 36 heavy (non-hydrogen) atoms. The smallest absolute Gasteiger partial charge is 0.162 e. The molecule has 0 bridgehead atoms. The summed E-state index contributed by atoms with van der Waals surface area (Å²) in [5.74, 6) is 1.52. The van der Waals surface area contributed by atoms with E-state index < -0.39 is 23.4 Å². The van der Waals surface area contributed by atoms with E-state index in [4.69, 9.17) is 14.2 Å². The summed E-state index contributed by atoms with van der Waals surface area (Å²) in [4.78, 5) is 0. The maximum absolute atomic E-state index is 11.1. The Morgan fingerprint density at radius 2 is 1.61 bits per heavy atom. The molecule has 3 N–H and O–H groups in total. The molecule has 0 radical (unpaired) electrons. The number of unbranched alkanes of at least 4 members (excludes halogenated alkanes) is 2. The van der Waals surface area contributed by atoms with E-state index in [0.29, 0.717) is 29.2 Å². The van der Waals surface area contributed by atoms with Crippen molar-refractivity contribution in [3.8, 4) is 28.7 Å². The van der Waals surface area contributed by atoms with Gasteiger partial charge in [-0.15, -0.1) is 0 Å². The number of ether oxygens (including phenoxy) is 3. The first-order valence-corrected chi connectivity index (χ1v) is 13.4. The van der Waals surface area contributed by atoms with Crippen molar-refractivity contribution >= 4 is 0 Å². The van der Waals surface area contributed by atoms with Gasteiger partial charge in [0, 0.05) is 24.1 Å². The molecule has 0 saturated heterocycles. The molecule has 1 unspecified atom stereocenters. The van der Waals surface area contributed by atoms with E-state index in [-0.39, 0.29) is 11.5 Å². The van der Waals surface area contributed by atoms with E-state index in [9.17, 15) is 15.3 Å². The Kier molecular flexibility index (Phi) is 9.04. The Balaban J connectivity index is 1.88. The lowest BCUT2D eigenvalue weighted by molar-refractivity contribution is 0.0166. The fraction of sp³-hybridized carbons (Fsp3) is 0.600. The normalized spacial score (nSPS) is 19.2. The molecule has 0 saturated carbocycles. The predicted molar refractivity (Wildman–Crippen MR) is 142 cm³/mol. The van der Waals surface area contributed by atoms with Gasteiger partial charge in [-0.2, -0.15) is 0 Å². The fourth-order valence-corrected chi connectivity index (χ4v) is 4.68. The number of hydrogen-bond donors (Lipinski definition) is 3. The quantitative estimate of drug-likeness (QED) is 0.285. The summed E-state index contributed by atoms with van der Waals surface area (Å²) in [6, 6.07) is 8.24. The lowest BCUT2D eigenvalue weighted by Crippen LogP contribution is -2.33. The molecule has 6 heteroatoms. The number of rotatable bonds is 12. The molecule has 0 fully saturated rings. The molecular weight excluding hydrogens is 456 g/mol. The monoisotopic (exact) mass is 500 g/mol. The first-order chi connectivity index (χ1) is 17.0. The largest absolute Gasteiger partial charge is 0.508 e. The third-order valence-corrected chi connectivity index (χ3v) is 7.16. The van der Waals surface area contributed by atoms with Gasteiger partial charge in [0.1, 0.15) is 34.6 Å². The first-order valence-electron chi connectivity index (χ1n) is 13.4. The Hall–Kier alpha value is -2.60. The number of benzene rings is 2. The highest BCUT2D eigenvalue weighted by Gasteiger charge is 2.35. The maximum atomic E-state index is 11.1. The summed E-state index contributed by atoms with van der Waals surface area (Å²) in [7, 11) is 0. The number of hydrogen-bond acceptors (Lipinski definition) is 6. The SMILES string of the molecule is CCCCC(C)(C)Oc1cc(O)cc2c1C[C@@H](O)[C@@H](c1ccc(O)c(OC(C)(CC)CCCC)c1)O2. The van der Waals surface area contributed by atoms with Crippen LogP contribution < -0.4 is 14.2 Å². The Bertz CT molecular complexity index is 1020. The van der Waals surface area contributed by atoms with E-state index in [1.165, 1.54) is 0 Å². The summed E-state index contributed by atoms with van der Waals surface area (Å²) in [5.41, 5.74) is 0.637. The van der Waals surface area contributed by atoms with Crippen LogP contribution in [0.1, 0.15) is 104 Å². The van der Waals surface area contributed by atoms with E-state index in [0.717, 1.165) is 50.5 Å². The number of phenols is 2. The number of aliphatic hydroxyl groups excluding tert-OH is 1. The van der Waals surface area contributed by atoms with Crippen LogP contribution in [0.25, 0.3) is 0 Å². The first kappa shape index (κ1) is 28.0. The van der Waals surface area contributed by atoms with Crippen molar-refractivity contribution in [2.45, 2.75) is 116 Å². The molecule has 3 atom stereocenters. The minimum Gasteiger partial charge on any atom is -0.508 e. The van der Waals surface area contributed by atoms with Gasteiger partial charge in [-0.25, -0.2) is 0 Å². The van der Waals surface area contributed by atoms with E-state index in [1.807, 2.05) is 13.8 Å². The van der Waals surface area contributed by atoms with Crippen LogP contribution in [0.15, 0.2) is 30.3 Å². The fourth-order valence-electron chi connectivity index (χ4n) is 4.68. The lowest BCUT2D eigenvalue weighted by atomic mass is 9.93. The molecule has 2 aromatic rings. The lowest BCUT2D eigenvalue weighted by Gasteiger charge is -2.35. The Labute approximate surface area is 216 Å². The van der Waals surface area contributed by atoms with Gasteiger partial charge in [0.25, 0.3) is 0 Å². The van der Waals surface area contributed by atoms with E-state index in [2.05, 4.69) is 27.7 Å². The molecular formula is C30H44O6. The zero-order valence-electron chi connectivity index (χ0n) is 22.8. The van der Waals surface area contributed by atoms with Gasteiger partial charge in [-0.1, -0.05) is 39.7 Å². The second kappa shape index (κ2) is 11.6. The van der Waals surface area contributed by atoms with Crippen LogP contribution in [0.5, 0.6) is 28.7 Å². The predicted octanol–water partition coefficient (Wildman–Crippen LogP) is 7.22. The van der Waals surface area contributed by atoms with Gasteiger partial charge in [-0.3, -0.25) is 0 Å². The van der Waals surface area contributed by atoms with Crippen LogP contribution in [0.2, 0.25) is 0 Å². The minimum atomic E-state index is -0.835. The number of fused-ring (bicyclic) bond motifs is 1. The van der Waals surface area contributed by atoms with Crippen LogP contribution in [-0.2, 0) is 6.42 Å². The van der Waals surface area contributed by atoms with Gasteiger partial charge in [0.2, 0.25) is 0 Å². The summed E-state index contributed by atoms with van der Waals surface area (Å²) in [6.45, 7) is 12.5. The van der Waals surface area contributed by atoms with Crippen LogP contribution in [0.3, 0.4) is 0 Å². The van der Waals surface area contributed by atoms with Gasteiger partial charge < -0.3 is 29.5 Å². The zero-order chi connectivity index (χ0) is 26.5. The zero-order valence-corrected chi connectivity index (χ0v) is 22.8. The van der Waals surface area contributed by atoms with Gasteiger partial charge in [-0.05, 0) is 70.6 Å². The standard InChI is InChI=1S/C30H44O6/c1-7-10-14-29(4,5)35-26-18-21(31)17-25-22(26)19-24(33)28(34-25)20-12-13-23(32)27(16-20)36-30(6,9-3)15-11-8-2/h12-13,16-18,24,28,31-33H,7-11,14-15,19H2,1-6H3/t24-,28-,30?/m1/s1. The highest BCUT2D eigenvalue weighted by atomic mass is 16.5. The highest BCUT2D eigenvalue weighted by molar-refractivity contribution is 5.53. The van der Waals surface area contributed by atoms with Crippen molar-refractivity contribution in [2.24, 2.45) is 0 Å². The Morgan fingerprint density at radius 1 is 0.917 bits per heavy atom. The van der Waals surface area contributed by atoms with E-state index in [1.54, 1.807) is 30.3 Å². The maximum Gasteiger partial charge on any atom is 0.162 e. The third kappa shape index (κ3) is 6.78. The number of aliphatic hydroxyl groups is 1. The van der Waals surface area contributed by atoms with Crippen LogP contribution in [0, 0.1) is 0 Å². The summed E-state index contributed by atoms with van der Waals surface area (Å²) in [5, 5.41) is 32.0. The summed E-state index contributed by atoms with van der Waals surface area (Å²) in [6.07, 6.45) is 5.60. The topological polar surface area (TPSA) is 88.4 Å². The number of aromatic hydroxyl groups is 2. The van der Waals surface area contributed by atoms with Crippen molar-refractivity contribution in [1.82, 2.24) is 0 Å². The van der Waals surface area contributed by atoms with Crippen molar-refractivity contribution in [1.29, 1.82) is 0 Å². The van der Waals surface area contributed by atoms with Crippen molar-refractivity contribution < 1.29 is 29.5 Å². The molecule has 200 valence electrons. The molecule has 3 rings (SSSR count). The molecule has 6 nitrogen and oxygen atoms in total. The van der Waals surface area contributed by atoms with Crippen molar-refractivity contribution in [3.05, 3.63) is 41.5 Å². The van der Waals surface area contributed by atoms with Crippen LogP contribution in [-0.4, -0.2) is 32.6 Å². The second-order valence-corrected chi connectivity index (χ2v) is 10.9. The average molecular weight is 501 g/mol. The van der Waals surface area contributed by atoms with Crippen LogP contribution in [0.4, 0.5) is 0 Å². The van der Waals surface area contributed by atoms with Gasteiger partial charge >= 0.3 is 0 Å². The molecule has 0 amide bonds. The van der Waals surface area contributed by atoms with Crippen molar-refractivity contribution in [2.75, 3.05) is 0 Å². The average Bonchev–Trinajstić information content (AvgIpc) is 2.83. The Morgan fingerprint density at radius 3 is 2.28 bits per heavy atom. The second-order valence-electron chi connectivity index (χ2n) is 10.9. The molecule has 0 aromatic heterocycles. The summed E-state index contributed by atoms with van der Waals surface area (Å²) >= 11 is 0. The highest BCUT2D eigenvalue weighted by Crippen LogP contribution is 2.45. The minimum absolute atomic E-state index is 0.0505. The number of phenolic OH excluding ortho intramolecular Hbond substituents is 2.